The molecule has 0 aliphatic carbocycles. The molecule has 0 unspecified atom stereocenters. The molecule has 0 spiro atoms. The SMILES string of the molecule is CCN1CCC[C@@H]1[C@@H]1CCCN1C(=O)c1c[nH]c2ncccc12. The number of hydrogen-bond donors (Lipinski definition) is 1. The van der Waals surface area contributed by atoms with Crippen molar-refractivity contribution in [2.45, 2.75) is 44.7 Å². The van der Waals surface area contributed by atoms with Gasteiger partial charge >= 0.3 is 0 Å². The van der Waals surface area contributed by atoms with Crippen molar-refractivity contribution in [2.24, 2.45) is 0 Å². The second-order valence-corrected chi connectivity index (χ2v) is 6.65. The number of rotatable bonds is 3. The second-order valence-electron chi connectivity index (χ2n) is 6.65. The van der Waals surface area contributed by atoms with E-state index in [1.54, 1.807) is 6.20 Å². The van der Waals surface area contributed by atoms with Gasteiger partial charge in [0.1, 0.15) is 5.65 Å². The average molecular weight is 312 g/mol. The minimum atomic E-state index is 0.162. The van der Waals surface area contributed by atoms with Crippen LogP contribution in [0.4, 0.5) is 0 Å². The number of fused-ring (bicyclic) bond motifs is 1. The van der Waals surface area contributed by atoms with Gasteiger partial charge in [0.25, 0.3) is 5.91 Å². The zero-order valence-corrected chi connectivity index (χ0v) is 13.7. The highest BCUT2D eigenvalue weighted by molar-refractivity contribution is 6.06. The van der Waals surface area contributed by atoms with Crippen molar-refractivity contribution in [3.05, 3.63) is 30.1 Å². The quantitative estimate of drug-likeness (QED) is 0.948. The fourth-order valence-corrected chi connectivity index (χ4v) is 4.41. The van der Waals surface area contributed by atoms with Gasteiger partial charge in [0, 0.05) is 36.4 Å². The Morgan fingerprint density at radius 3 is 3.00 bits per heavy atom. The third-order valence-corrected chi connectivity index (χ3v) is 5.51. The van der Waals surface area contributed by atoms with Crippen molar-refractivity contribution in [3.63, 3.8) is 0 Å². The van der Waals surface area contributed by atoms with E-state index >= 15 is 0 Å². The Hall–Kier alpha value is -1.88. The Bertz CT molecular complexity index is 710. The van der Waals surface area contributed by atoms with Gasteiger partial charge in [-0.15, -0.1) is 0 Å². The topological polar surface area (TPSA) is 52.2 Å². The summed E-state index contributed by atoms with van der Waals surface area (Å²) in [6, 6.07) is 4.77. The van der Waals surface area contributed by atoms with E-state index < -0.39 is 0 Å². The van der Waals surface area contributed by atoms with Gasteiger partial charge < -0.3 is 9.88 Å². The van der Waals surface area contributed by atoms with E-state index in [1.165, 1.54) is 19.4 Å². The molecule has 2 atom stereocenters. The Labute approximate surface area is 136 Å². The number of pyridine rings is 1. The highest BCUT2D eigenvalue weighted by Crippen LogP contribution is 2.31. The van der Waals surface area contributed by atoms with Gasteiger partial charge in [-0.25, -0.2) is 4.98 Å². The number of nitrogens with one attached hydrogen (secondary N) is 1. The number of amides is 1. The Morgan fingerprint density at radius 2 is 2.13 bits per heavy atom. The molecule has 122 valence electrons. The summed E-state index contributed by atoms with van der Waals surface area (Å²) in [7, 11) is 0. The van der Waals surface area contributed by atoms with Gasteiger partial charge in [-0.05, 0) is 50.9 Å². The third kappa shape index (κ3) is 2.43. The molecule has 0 aromatic carbocycles. The molecule has 2 aromatic rings. The summed E-state index contributed by atoms with van der Waals surface area (Å²) in [6.07, 6.45) is 8.30. The molecule has 2 aliphatic rings. The van der Waals surface area contributed by atoms with Crippen LogP contribution in [0.3, 0.4) is 0 Å². The summed E-state index contributed by atoms with van der Waals surface area (Å²) in [5.41, 5.74) is 1.56. The molecule has 4 heterocycles. The maximum atomic E-state index is 13.1. The number of nitrogens with zero attached hydrogens (tertiary/aromatic N) is 3. The van der Waals surface area contributed by atoms with Crippen LogP contribution < -0.4 is 0 Å². The van der Waals surface area contributed by atoms with E-state index in [9.17, 15) is 4.79 Å². The minimum absolute atomic E-state index is 0.162. The molecule has 2 aromatic heterocycles. The van der Waals surface area contributed by atoms with E-state index in [0.29, 0.717) is 12.1 Å². The lowest BCUT2D eigenvalue weighted by Crippen LogP contribution is -2.48. The molecule has 0 radical (unpaired) electrons. The first kappa shape index (κ1) is 14.7. The zero-order chi connectivity index (χ0) is 15.8. The molecule has 5 nitrogen and oxygen atoms in total. The molecule has 1 N–H and O–H groups in total. The first-order chi connectivity index (χ1) is 11.3. The molecule has 1 amide bonds. The number of aromatic amines is 1. The van der Waals surface area contributed by atoms with Crippen LogP contribution in [0.2, 0.25) is 0 Å². The average Bonchev–Trinajstić information content (AvgIpc) is 3.31. The molecule has 23 heavy (non-hydrogen) atoms. The fraction of sp³-hybridized carbons (Fsp3) is 0.556. The smallest absolute Gasteiger partial charge is 0.256 e. The van der Waals surface area contributed by atoms with Crippen molar-refractivity contribution >= 4 is 16.9 Å². The minimum Gasteiger partial charge on any atom is -0.345 e. The summed E-state index contributed by atoms with van der Waals surface area (Å²) in [5, 5.41) is 0.932. The van der Waals surface area contributed by atoms with Crippen molar-refractivity contribution in [3.8, 4) is 0 Å². The van der Waals surface area contributed by atoms with E-state index in [4.69, 9.17) is 0 Å². The number of hydrogen-bond acceptors (Lipinski definition) is 3. The van der Waals surface area contributed by atoms with Crippen molar-refractivity contribution < 1.29 is 4.79 Å². The summed E-state index contributed by atoms with van der Waals surface area (Å²) < 4.78 is 0. The standard InChI is InChI=1S/C18H24N4O/c1-2-21-10-4-7-15(21)16-8-5-11-22(16)18(23)14-12-20-17-13(14)6-3-9-19-17/h3,6,9,12,15-16H,2,4-5,7-8,10-11H2,1H3,(H,19,20)/t15-,16+/m1/s1. The molecule has 2 fully saturated rings. The predicted molar refractivity (Wildman–Crippen MR) is 90.4 cm³/mol. The van der Waals surface area contributed by atoms with Crippen molar-refractivity contribution in [1.29, 1.82) is 0 Å². The van der Waals surface area contributed by atoms with Crippen LogP contribution in [0, 0.1) is 0 Å². The van der Waals surface area contributed by atoms with Crippen LogP contribution >= 0.6 is 0 Å². The lowest BCUT2D eigenvalue weighted by Gasteiger charge is -2.34. The monoisotopic (exact) mass is 312 g/mol. The van der Waals surface area contributed by atoms with E-state index in [0.717, 1.165) is 42.5 Å². The third-order valence-electron chi connectivity index (χ3n) is 5.51. The first-order valence-corrected chi connectivity index (χ1v) is 8.76. The van der Waals surface area contributed by atoms with Crippen molar-refractivity contribution in [1.82, 2.24) is 19.8 Å². The highest BCUT2D eigenvalue weighted by Gasteiger charge is 2.39. The maximum absolute atomic E-state index is 13.1. The van der Waals surface area contributed by atoms with Crippen LogP contribution in [0.15, 0.2) is 24.5 Å². The predicted octanol–water partition coefficient (Wildman–Crippen LogP) is 2.65. The number of carbonyl (C=O) groups excluding carboxylic acids is 1. The fourth-order valence-electron chi connectivity index (χ4n) is 4.41. The van der Waals surface area contributed by atoms with Crippen LogP contribution in [0.5, 0.6) is 0 Å². The molecule has 4 rings (SSSR count). The van der Waals surface area contributed by atoms with Crippen LogP contribution in [-0.2, 0) is 0 Å². The van der Waals surface area contributed by atoms with E-state index in [2.05, 4.69) is 26.7 Å². The zero-order valence-electron chi connectivity index (χ0n) is 13.7. The molecular formula is C18H24N4O. The van der Waals surface area contributed by atoms with Gasteiger partial charge in [-0.2, -0.15) is 0 Å². The molecule has 2 saturated heterocycles. The van der Waals surface area contributed by atoms with E-state index in [-0.39, 0.29) is 5.91 Å². The maximum Gasteiger partial charge on any atom is 0.256 e. The largest absolute Gasteiger partial charge is 0.345 e. The number of likely N-dealkylation sites (tertiary alicyclic amines) is 2. The van der Waals surface area contributed by atoms with Crippen LogP contribution in [-0.4, -0.2) is 57.4 Å². The Balaban J connectivity index is 1.62. The highest BCUT2D eigenvalue weighted by atomic mass is 16.2. The van der Waals surface area contributed by atoms with Gasteiger partial charge in [0.2, 0.25) is 0 Å². The number of carbonyl (C=O) groups is 1. The number of aromatic nitrogens is 2. The van der Waals surface area contributed by atoms with E-state index in [1.807, 2.05) is 18.3 Å². The molecule has 0 bridgehead atoms. The van der Waals surface area contributed by atoms with Crippen LogP contribution in [0.25, 0.3) is 11.0 Å². The molecule has 0 saturated carbocycles. The van der Waals surface area contributed by atoms with Crippen molar-refractivity contribution in [2.75, 3.05) is 19.6 Å². The molecular weight excluding hydrogens is 288 g/mol. The molecule has 2 aliphatic heterocycles. The van der Waals surface area contributed by atoms with Gasteiger partial charge in [0.15, 0.2) is 0 Å². The summed E-state index contributed by atoms with van der Waals surface area (Å²) in [5.74, 6) is 0.162. The second kappa shape index (κ2) is 5.96. The van der Waals surface area contributed by atoms with Gasteiger partial charge in [-0.3, -0.25) is 9.69 Å². The van der Waals surface area contributed by atoms with Gasteiger partial charge in [0.05, 0.1) is 5.56 Å². The Kier molecular flexibility index (Phi) is 3.81. The lowest BCUT2D eigenvalue weighted by atomic mass is 10.0. The van der Waals surface area contributed by atoms with Crippen LogP contribution in [0.1, 0.15) is 43.0 Å². The molecule has 5 heteroatoms. The van der Waals surface area contributed by atoms with Gasteiger partial charge in [-0.1, -0.05) is 6.92 Å². The number of H-pyrrole nitrogens is 1. The number of likely N-dealkylation sites (N-methyl/N-ethyl adjacent to an activating group) is 1. The summed E-state index contributed by atoms with van der Waals surface area (Å²) in [4.78, 5) is 25.2. The normalized spacial score (nSPS) is 25.5. The summed E-state index contributed by atoms with van der Waals surface area (Å²) in [6.45, 7) is 5.37. The first-order valence-electron chi connectivity index (χ1n) is 8.76. The lowest BCUT2D eigenvalue weighted by molar-refractivity contribution is 0.0652. The Morgan fingerprint density at radius 1 is 1.30 bits per heavy atom. The summed E-state index contributed by atoms with van der Waals surface area (Å²) >= 11 is 0.